The zero-order chi connectivity index (χ0) is 31.2. The van der Waals surface area contributed by atoms with E-state index in [2.05, 4.69) is 20.8 Å². The molecule has 0 saturated carbocycles. The van der Waals surface area contributed by atoms with Crippen molar-refractivity contribution in [3.63, 3.8) is 0 Å². The van der Waals surface area contributed by atoms with E-state index < -0.39 is 11.9 Å². The monoisotopic (exact) mass is 593 g/mol. The fourth-order valence-electron chi connectivity index (χ4n) is 5.45. The molecule has 0 aromatic rings. The molecule has 7 heteroatoms. The van der Waals surface area contributed by atoms with Crippen LogP contribution in [0.15, 0.2) is 0 Å². The van der Waals surface area contributed by atoms with Crippen LogP contribution in [0.1, 0.15) is 151 Å². The Hall–Kier alpha value is -0.280. The highest BCUT2D eigenvalue weighted by molar-refractivity contribution is 4.73. The van der Waals surface area contributed by atoms with E-state index in [0.717, 1.165) is 32.1 Å². The third-order valence-corrected chi connectivity index (χ3v) is 7.52. The smallest absolute Gasteiger partial charge is 0.310 e. The number of rotatable bonds is 29. The third kappa shape index (κ3) is 18.9. The van der Waals surface area contributed by atoms with Crippen LogP contribution >= 0.6 is 0 Å². The fraction of sp³-hybridized carbons (Fsp3) is 1.00. The van der Waals surface area contributed by atoms with Gasteiger partial charge < -0.3 is 33.2 Å². The van der Waals surface area contributed by atoms with E-state index in [1.165, 1.54) is 70.6 Å². The molecule has 0 amide bonds. The highest BCUT2D eigenvalue weighted by Gasteiger charge is 2.43. The van der Waals surface area contributed by atoms with E-state index in [1.807, 2.05) is 27.7 Å². The first-order valence-electron chi connectivity index (χ1n) is 17.1. The standard InChI is InChI=1S/C18H38O4.C16H34O3/c1-6-11-12-13-14-15-16-17(19-7-2)18(20-8-3,21-9-4)22-10-5;1-6-8-9-10-11-12-14-15(13-7-2)16(17-3,18-4)19-5/h17H,6-16H2,1-5H3;15H,6-14H2,1-5H3. The van der Waals surface area contributed by atoms with Crippen LogP contribution in [0, 0.1) is 5.92 Å². The summed E-state index contributed by atoms with van der Waals surface area (Å²) in [6, 6.07) is 0. The van der Waals surface area contributed by atoms with Gasteiger partial charge in [0.25, 0.3) is 5.97 Å². The van der Waals surface area contributed by atoms with Crippen molar-refractivity contribution in [1.82, 2.24) is 0 Å². The summed E-state index contributed by atoms with van der Waals surface area (Å²) in [4.78, 5) is 0. The molecule has 0 fully saturated rings. The summed E-state index contributed by atoms with van der Waals surface area (Å²) in [6.45, 7) is 16.8. The maximum absolute atomic E-state index is 5.92. The molecular formula is C34H72O7. The van der Waals surface area contributed by atoms with E-state index in [0.29, 0.717) is 32.3 Å². The van der Waals surface area contributed by atoms with Gasteiger partial charge in [-0.25, -0.2) is 0 Å². The second-order valence-electron chi connectivity index (χ2n) is 10.7. The Morgan fingerprint density at radius 3 is 1.20 bits per heavy atom. The molecule has 0 bridgehead atoms. The third-order valence-electron chi connectivity index (χ3n) is 7.52. The number of methoxy groups -OCH3 is 3. The van der Waals surface area contributed by atoms with Crippen molar-refractivity contribution in [2.75, 3.05) is 47.8 Å². The van der Waals surface area contributed by atoms with E-state index in [-0.39, 0.29) is 6.10 Å². The Morgan fingerprint density at radius 2 is 0.829 bits per heavy atom. The maximum atomic E-state index is 5.92. The summed E-state index contributed by atoms with van der Waals surface area (Å²) in [5.41, 5.74) is 0. The topological polar surface area (TPSA) is 64.6 Å². The first-order valence-corrected chi connectivity index (χ1v) is 17.1. The molecular weight excluding hydrogens is 520 g/mol. The first kappa shape index (κ1) is 42.9. The van der Waals surface area contributed by atoms with Crippen molar-refractivity contribution >= 4 is 0 Å². The molecule has 2 unspecified atom stereocenters. The summed E-state index contributed by atoms with van der Waals surface area (Å²) in [6.07, 6.45) is 19.5. The average molecular weight is 593 g/mol. The molecule has 0 rings (SSSR count). The molecule has 0 heterocycles. The van der Waals surface area contributed by atoms with Gasteiger partial charge in [-0.05, 0) is 47.0 Å². The lowest BCUT2D eigenvalue weighted by molar-refractivity contribution is -0.415. The minimum Gasteiger partial charge on any atom is -0.370 e. The van der Waals surface area contributed by atoms with Crippen molar-refractivity contribution in [3.05, 3.63) is 0 Å². The van der Waals surface area contributed by atoms with Crippen LogP contribution in [0.5, 0.6) is 0 Å². The van der Waals surface area contributed by atoms with Gasteiger partial charge >= 0.3 is 5.97 Å². The Bertz CT molecular complexity index is 488. The van der Waals surface area contributed by atoms with Crippen molar-refractivity contribution in [2.24, 2.45) is 5.92 Å². The molecule has 0 N–H and O–H groups in total. The molecule has 0 radical (unpaired) electrons. The minimum atomic E-state index is -1.06. The molecule has 0 saturated heterocycles. The first-order chi connectivity index (χ1) is 19.9. The second kappa shape index (κ2) is 29.8. The lowest BCUT2D eigenvalue weighted by Crippen LogP contribution is -2.51. The number of hydrogen-bond acceptors (Lipinski definition) is 7. The minimum absolute atomic E-state index is 0.177. The molecule has 0 aromatic carbocycles. The van der Waals surface area contributed by atoms with Gasteiger partial charge in [-0.1, -0.05) is 104 Å². The largest absolute Gasteiger partial charge is 0.370 e. The fourth-order valence-corrected chi connectivity index (χ4v) is 5.45. The molecule has 0 aromatic heterocycles. The Labute approximate surface area is 256 Å². The number of unbranched alkanes of at least 4 members (excludes halogenated alkanes) is 10. The molecule has 2 atom stereocenters. The Kier molecular flexibility index (Phi) is 31.1. The van der Waals surface area contributed by atoms with Crippen molar-refractivity contribution in [3.8, 4) is 0 Å². The van der Waals surface area contributed by atoms with Crippen molar-refractivity contribution in [1.29, 1.82) is 0 Å². The van der Waals surface area contributed by atoms with Gasteiger partial charge in [0.1, 0.15) is 6.10 Å². The quantitative estimate of drug-likeness (QED) is 0.0633. The van der Waals surface area contributed by atoms with Gasteiger partial charge in [0.05, 0.1) is 0 Å². The summed E-state index contributed by atoms with van der Waals surface area (Å²) < 4.78 is 40.0. The van der Waals surface area contributed by atoms with Crippen molar-refractivity contribution < 1.29 is 33.2 Å². The van der Waals surface area contributed by atoms with Gasteiger partial charge in [0.2, 0.25) is 0 Å². The summed E-state index contributed by atoms with van der Waals surface area (Å²) in [5, 5.41) is 0. The van der Waals surface area contributed by atoms with Crippen molar-refractivity contribution in [2.45, 2.75) is 169 Å². The SMILES string of the molecule is CCCCCCCCC(CCC)C(OC)(OC)OC.CCCCCCCCC(OCC)C(OCC)(OCC)OCC. The average Bonchev–Trinajstić information content (AvgIpc) is 2.98. The lowest BCUT2D eigenvalue weighted by atomic mass is 9.93. The zero-order valence-electron chi connectivity index (χ0n) is 29.2. The lowest BCUT2D eigenvalue weighted by Gasteiger charge is -2.38. The van der Waals surface area contributed by atoms with Gasteiger partial charge in [0.15, 0.2) is 0 Å². The molecule has 0 aliphatic heterocycles. The zero-order valence-corrected chi connectivity index (χ0v) is 29.2. The molecule has 41 heavy (non-hydrogen) atoms. The normalized spacial score (nSPS) is 13.6. The molecule has 7 nitrogen and oxygen atoms in total. The predicted octanol–water partition coefficient (Wildman–Crippen LogP) is 9.65. The van der Waals surface area contributed by atoms with E-state index in [9.17, 15) is 0 Å². The summed E-state index contributed by atoms with van der Waals surface area (Å²) in [7, 11) is 4.99. The van der Waals surface area contributed by atoms with Crippen LogP contribution in [0.25, 0.3) is 0 Å². The van der Waals surface area contributed by atoms with Crippen LogP contribution in [-0.2, 0) is 33.2 Å². The van der Waals surface area contributed by atoms with Crippen LogP contribution in [0.4, 0.5) is 0 Å². The van der Waals surface area contributed by atoms with Gasteiger partial charge in [-0.15, -0.1) is 0 Å². The van der Waals surface area contributed by atoms with Gasteiger partial charge in [-0.3, -0.25) is 0 Å². The van der Waals surface area contributed by atoms with Gasteiger partial charge in [-0.2, -0.15) is 0 Å². The number of hydrogen-bond donors (Lipinski definition) is 0. The van der Waals surface area contributed by atoms with Crippen LogP contribution in [0.2, 0.25) is 0 Å². The molecule has 0 aliphatic carbocycles. The van der Waals surface area contributed by atoms with Gasteiger partial charge in [0, 0.05) is 53.7 Å². The predicted molar refractivity (Wildman–Crippen MR) is 171 cm³/mol. The summed E-state index contributed by atoms with van der Waals surface area (Å²) in [5.74, 6) is -1.61. The highest BCUT2D eigenvalue weighted by atomic mass is 16.9. The second-order valence-corrected chi connectivity index (χ2v) is 10.7. The Morgan fingerprint density at radius 1 is 0.415 bits per heavy atom. The summed E-state index contributed by atoms with van der Waals surface area (Å²) >= 11 is 0. The molecule has 0 aliphatic rings. The highest BCUT2D eigenvalue weighted by Crippen LogP contribution is 2.32. The van der Waals surface area contributed by atoms with Crippen LogP contribution in [-0.4, -0.2) is 65.8 Å². The van der Waals surface area contributed by atoms with E-state index in [1.54, 1.807) is 21.3 Å². The van der Waals surface area contributed by atoms with Crippen LogP contribution in [0.3, 0.4) is 0 Å². The number of ether oxygens (including phenoxy) is 7. The maximum Gasteiger partial charge on any atom is 0.310 e. The Balaban J connectivity index is 0. The van der Waals surface area contributed by atoms with E-state index in [4.69, 9.17) is 33.2 Å². The van der Waals surface area contributed by atoms with Crippen LogP contribution < -0.4 is 0 Å². The van der Waals surface area contributed by atoms with E-state index >= 15 is 0 Å². The molecule has 250 valence electrons. The molecule has 0 spiro atoms.